The number of nitrogens with zero attached hydrogens (tertiary/aromatic N) is 1. The van der Waals surface area contributed by atoms with Gasteiger partial charge in [-0.1, -0.05) is 6.07 Å². The SMILES string of the molecule is NC[C@@H](NC(=O)c1ccc(-c2ccc(C(F)(F)F)c(F)c2)[nH]1)c1nc(C(O)CO)cs1. The third-order valence-electron chi connectivity index (χ3n) is 4.41. The molecule has 0 aliphatic heterocycles. The van der Waals surface area contributed by atoms with Crippen molar-refractivity contribution in [2.45, 2.75) is 18.3 Å². The summed E-state index contributed by atoms with van der Waals surface area (Å²) < 4.78 is 52.0. The normalized spacial score (nSPS) is 13.8. The summed E-state index contributed by atoms with van der Waals surface area (Å²) in [5.74, 6) is -1.98. The van der Waals surface area contributed by atoms with Gasteiger partial charge in [-0.3, -0.25) is 4.79 Å². The Morgan fingerprint density at radius 2 is 2.03 bits per heavy atom. The van der Waals surface area contributed by atoms with E-state index in [1.165, 1.54) is 17.5 Å². The lowest BCUT2D eigenvalue weighted by Crippen LogP contribution is -2.33. The molecule has 1 unspecified atom stereocenters. The third kappa shape index (κ3) is 5.10. The number of aromatic nitrogens is 2. The number of nitrogens with one attached hydrogen (secondary N) is 2. The molecule has 3 aromatic rings. The Balaban J connectivity index is 1.75. The first kappa shape index (κ1) is 22.9. The molecular weight excluding hydrogens is 440 g/mol. The molecule has 0 radical (unpaired) electrons. The fraction of sp³-hybridized carbons (Fsp3) is 0.263. The molecule has 31 heavy (non-hydrogen) atoms. The number of carbonyl (C=O) groups is 1. The van der Waals surface area contributed by atoms with E-state index in [-0.39, 0.29) is 29.2 Å². The molecule has 0 saturated carbocycles. The number of hydrogen-bond donors (Lipinski definition) is 5. The predicted molar refractivity (Wildman–Crippen MR) is 105 cm³/mol. The summed E-state index contributed by atoms with van der Waals surface area (Å²) in [6.07, 6.45) is -5.95. The summed E-state index contributed by atoms with van der Waals surface area (Å²) in [6.45, 7) is -0.496. The van der Waals surface area contributed by atoms with Gasteiger partial charge in [0.25, 0.3) is 5.91 Å². The maximum Gasteiger partial charge on any atom is 0.419 e. The average molecular weight is 458 g/mol. The van der Waals surface area contributed by atoms with Gasteiger partial charge in [-0.2, -0.15) is 13.2 Å². The van der Waals surface area contributed by atoms with Gasteiger partial charge < -0.3 is 26.2 Å². The molecule has 0 saturated heterocycles. The van der Waals surface area contributed by atoms with Crippen LogP contribution in [0.25, 0.3) is 11.3 Å². The fourth-order valence-corrected chi connectivity index (χ4v) is 3.70. The minimum absolute atomic E-state index is 0.00555. The number of rotatable bonds is 7. The lowest BCUT2D eigenvalue weighted by molar-refractivity contribution is -0.139. The highest BCUT2D eigenvalue weighted by molar-refractivity contribution is 7.09. The summed E-state index contributed by atoms with van der Waals surface area (Å²) in [5, 5.41) is 23.2. The number of carbonyl (C=O) groups excluding carboxylic acids is 1. The van der Waals surface area contributed by atoms with Crippen LogP contribution >= 0.6 is 11.3 Å². The van der Waals surface area contributed by atoms with Crippen LogP contribution in [0.2, 0.25) is 0 Å². The molecule has 3 rings (SSSR count). The number of aliphatic hydroxyl groups excluding tert-OH is 2. The van der Waals surface area contributed by atoms with Crippen LogP contribution in [0.5, 0.6) is 0 Å². The van der Waals surface area contributed by atoms with Gasteiger partial charge in [0.05, 0.1) is 23.9 Å². The summed E-state index contributed by atoms with van der Waals surface area (Å²) in [4.78, 5) is 19.4. The summed E-state index contributed by atoms with van der Waals surface area (Å²) in [6, 6.07) is 4.64. The van der Waals surface area contributed by atoms with Crippen molar-refractivity contribution in [2.75, 3.05) is 13.2 Å². The highest BCUT2D eigenvalue weighted by Gasteiger charge is 2.34. The van der Waals surface area contributed by atoms with Crippen LogP contribution in [0.1, 0.15) is 38.9 Å². The number of nitrogens with two attached hydrogens (primary N) is 1. The first-order valence-electron chi connectivity index (χ1n) is 8.95. The lowest BCUT2D eigenvalue weighted by Gasteiger charge is -2.14. The fourth-order valence-electron chi connectivity index (χ4n) is 2.77. The zero-order valence-electron chi connectivity index (χ0n) is 15.8. The van der Waals surface area contributed by atoms with Gasteiger partial charge in [-0.25, -0.2) is 9.37 Å². The highest BCUT2D eigenvalue weighted by Crippen LogP contribution is 2.33. The van der Waals surface area contributed by atoms with Gasteiger partial charge in [-0.05, 0) is 24.3 Å². The molecule has 12 heteroatoms. The number of benzene rings is 1. The predicted octanol–water partition coefficient (Wildman–Crippen LogP) is 2.75. The van der Waals surface area contributed by atoms with E-state index in [2.05, 4.69) is 15.3 Å². The Hall–Kier alpha value is -2.80. The number of aliphatic hydroxyl groups is 2. The number of halogens is 4. The maximum atomic E-state index is 13.8. The second-order valence-electron chi connectivity index (χ2n) is 6.55. The minimum Gasteiger partial charge on any atom is -0.393 e. The average Bonchev–Trinajstić information content (AvgIpc) is 3.40. The maximum absolute atomic E-state index is 13.8. The van der Waals surface area contributed by atoms with E-state index in [9.17, 15) is 27.5 Å². The Morgan fingerprint density at radius 3 is 2.65 bits per heavy atom. The number of thiazole rings is 1. The van der Waals surface area contributed by atoms with E-state index in [1.807, 2.05) is 0 Å². The summed E-state index contributed by atoms with van der Waals surface area (Å²) >= 11 is 1.15. The van der Waals surface area contributed by atoms with Crippen LogP contribution in [0, 0.1) is 5.82 Å². The van der Waals surface area contributed by atoms with Crippen molar-refractivity contribution in [2.24, 2.45) is 5.73 Å². The molecule has 0 fully saturated rings. The Morgan fingerprint density at radius 1 is 1.29 bits per heavy atom. The lowest BCUT2D eigenvalue weighted by atomic mass is 10.1. The quantitative estimate of drug-likeness (QED) is 0.348. The molecule has 2 atom stereocenters. The van der Waals surface area contributed by atoms with Gasteiger partial charge in [0, 0.05) is 23.2 Å². The summed E-state index contributed by atoms with van der Waals surface area (Å²) in [7, 11) is 0. The molecular formula is C19H18F4N4O3S. The van der Waals surface area contributed by atoms with Crippen molar-refractivity contribution < 1.29 is 32.6 Å². The van der Waals surface area contributed by atoms with Crippen LogP contribution in [0.3, 0.4) is 0 Å². The largest absolute Gasteiger partial charge is 0.419 e. The second-order valence-corrected chi connectivity index (χ2v) is 7.44. The van der Waals surface area contributed by atoms with E-state index in [4.69, 9.17) is 10.8 Å². The first-order chi connectivity index (χ1) is 14.6. The highest BCUT2D eigenvalue weighted by atomic mass is 32.1. The van der Waals surface area contributed by atoms with Crippen molar-refractivity contribution >= 4 is 17.2 Å². The number of aromatic amines is 1. The van der Waals surface area contributed by atoms with E-state index < -0.39 is 42.2 Å². The van der Waals surface area contributed by atoms with E-state index >= 15 is 0 Å². The van der Waals surface area contributed by atoms with Crippen LogP contribution in [0.4, 0.5) is 17.6 Å². The molecule has 0 spiro atoms. The van der Waals surface area contributed by atoms with Crippen LogP contribution in [-0.4, -0.2) is 39.2 Å². The van der Waals surface area contributed by atoms with Crippen LogP contribution < -0.4 is 11.1 Å². The molecule has 1 amide bonds. The molecule has 2 aromatic heterocycles. The smallest absolute Gasteiger partial charge is 0.393 e. The van der Waals surface area contributed by atoms with Gasteiger partial charge in [-0.15, -0.1) is 11.3 Å². The minimum atomic E-state index is -4.80. The second kappa shape index (κ2) is 9.14. The van der Waals surface area contributed by atoms with E-state index in [0.717, 1.165) is 23.5 Å². The first-order valence-corrected chi connectivity index (χ1v) is 9.83. The Labute approximate surface area is 177 Å². The van der Waals surface area contributed by atoms with Gasteiger partial charge >= 0.3 is 6.18 Å². The van der Waals surface area contributed by atoms with Gasteiger partial charge in [0.15, 0.2) is 0 Å². The van der Waals surface area contributed by atoms with Crippen molar-refractivity contribution in [1.29, 1.82) is 0 Å². The van der Waals surface area contributed by atoms with Crippen LogP contribution in [-0.2, 0) is 6.18 Å². The number of alkyl halides is 3. The van der Waals surface area contributed by atoms with E-state index in [1.54, 1.807) is 0 Å². The Bertz CT molecular complexity index is 1070. The monoisotopic (exact) mass is 458 g/mol. The third-order valence-corrected chi connectivity index (χ3v) is 5.39. The van der Waals surface area contributed by atoms with Gasteiger partial charge in [0.2, 0.25) is 0 Å². The molecule has 1 aromatic carbocycles. The molecule has 2 heterocycles. The molecule has 0 aliphatic carbocycles. The van der Waals surface area contributed by atoms with Crippen molar-refractivity contribution in [1.82, 2.24) is 15.3 Å². The number of H-pyrrole nitrogens is 1. The summed E-state index contributed by atoms with van der Waals surface area (Å²) in [5.41, 5.74) is 5.06. The topological polar surface area (TPSA) is 124 Å². The van der Waals surface area contributed by atoms with Crippen molar-refractivity contribution in [3.8, 4) is 11.3 Å². The van der Waals surface area contributed by atoms with Gasteiger partial charge in [0.1, 0.15) is 22.6 Å². The number of hydrogen-bond acceptors (Lipinski definition) is 6. The van der Waals surface area contributed by atoms with Crippen LogP contribution in [0.15, 0.2) is 35.7 Å². The van der Waals surface area contributed by atoms with Crippen molar-refractivity contribution in [3.05, 3.63) is 63.5 Å². The molecule has 7 nitrogen and oxygen atoms in total. The zero-order chi connectivity index (χ0) is 22.8. The molecule has 6 N–H and O–H groups in total. The zero-order valence-corrected chi connectivity index (χ0v) is 16.6. The Kier molecular flexibility index (Phi) is 6.74. The molecule has 166 valence electrons. The van der Waals surface area contributed by atoms with E-state index in [0.29, 0.717) is 11.1 Å². The standard InChI is InChI=1S/C19H18F4N4O3S/c20-11-5-9(1-2-10(11)19(21,22)23)12-3-4-13(25-12)17(30)26-14(6-24)18-27-15(8-31-18)16(29)7-28/h1-5,8,14,16,25,28-29H,6-7,24H2,(H,26,30)/t14-,16?/m1/s1. The van der Waals surface area contributed by atoms with Crippen molar-refractivity contribution in [3.63, 3.8) is 0 Å². The molecule has 0 bridgehead atoms. The molecule has 0 aliphatic rings. The number of amides is 1.